The molecule has 4 rings (SSSR count). The van der Waals surface area contributed by atoms with Gasteiger partial charge in [0.15, 0.2) is 11.5 Å². The molecule has 2 heterocycles. The Morgan fingerprint density at radius 3 is 2.82 bits per heavy atom. The monoisotopic (exact) mass is 484 g/mol. The molecule has 0 aliphatic carbocycles. The standard InChI is InChI=1S/C25H25ClN2O4S/c1-3-32-25(30)22-18-9-10-28(14-16-7-5-4-6-8-16)15-21(18)33-24(22)27-13-17-11-19(26)23(29)20(12-17)31-2/h4-8,11-13,29H,3,9-10,14-15H2,1-2H3. The lowest BCUT2D eigenvalue weighted by Crippen LogP contribution is -2.29. The molecule has 1 aliphatic heterocycles. The first-order chi connectivity index (χ1) is 16.0. The van der Waals surface area contributed by atoms with Gasteiger partial charge < -0.3 is 14.6 Å². The highest BCUT2D eigenvalue weighted by Crippen LogP contribution is 2.40. The number of fused-ring (bicyclic) bond motifs is 1. The molecule has 0 amide bonds. The van der Waals surface area contributed by atoms with Gasteiger partial charge in [0, 0.05) is 30.7 Å². The summed E-state index contributed by atoms with van der Waals surface area (Å²) in [4.78, 5) is 20.9. The average molecular weight is 485 g/mol. The van der Waals surface area contributed by atoms with Gasteiger partial charge in [-0.3, -0.25) is 4.90 Å². The average Bonchev–Trinajstić information content (AvgIpc) is 3.18. The molecule has 2 aromatic carbocycles. The Hall–Kier alpha value is -2.87. The van der Waals surface area contributed by atoms with Crippen molar-refractivity contribution in [1.82, 2.24) is 4.90 Å². The molecule has 0 saturated heterocycles. The van der Waals surface area contributed by atoms with Gasteiger partial charge in [-0.25, -0.2) is 9.79 Å². The predicted molar refractivity (Wildman–Crippen MR) is 131 cm³/mol. The van der Waals surface area contributed by atoms with Crippen molar-refractivity contribution in [3.05, 3.63) is 74.6 Å². The van der Waals surface area contributed by atoms with Gasteiger partial charge in [-0.2, -0.15) is 0 Å². The molecule has 3 aromatic rings. The summed E-state index contributed by atoms with van der Waals surface area (Å²) in [6, 6.07) is 13.6. The summed E-state index contributed by atoms with van der Waals surface area (Å²) in [5.41, 5.74) is 3.49. The number of aromatic hydroxyl groups is 1. The summed E-state index contributed by atoms with van der Waals surface area (Å²) in [7, 11) is 1.46. The van der Waals surface area contributed by atoms with Gasteiger partial charge in [-0.1, -0.05) is 41.9 Å². The Labute approximate surface area is 202 Å². The number of methoxy groups -OCH3 is 1. The summed E-state index contributed by atoms with van der Waals surface area (Å²) < 4.78 is 10.5. The van der Waals surface area contributed by atoms with Gasteiger partial charge in [0.25, 0.3) is 0 Å². The summed E-state index contributed by atoms with van der Waals surface area (Å²) in [5, 5.41) is 10.7. The highest BCUT2D eigenvalue weighted by Gasteiger charge is 2.28. The fourth-order valence-corrected chi connectivity index (χ4v) is 5.32. The number of benzene rings is 2. The summed E-state index contributed by atoms with van der Waals surface area (Å²) in [6.07, 6.45) is 2.39. The number of phenols is 1. The molecule has 172 valence electrons. The van der Waals surface area contributed by atoms with E-state index >= 15 is 0 Å². The van der Waals surface area contributed by atoms with Crippen LogP contribution in [0.15, 0.2) is 47.5 Å². The minimum absolute atomic E-state index is 0.117. The first kappa shape index (κ1) is 23.3. The molecule has 1 aromatic heterocycles. The normalized spacial score (nSPS) is 13.8. The van der Waals surface area contributed by atoms with E-state index in [1.54, 1.807) is 25.3 Å². The number of aliphatic imine (C=N–C) groups is 1. The molecule has 0 unspecified atom stereocenters. The van der Waals surface area contributed by atoms with Crippen LogP contribution in [-0.4, -0.2) is 42.5 Å². The SMILES string of the molecule is CCOC(=O)c1c(N=Cc2cc(Cl)c(O)c(OC)c2)sc2c1CCN(Cc1ccccc1)C2. The number of rotatable bonds is 7. The Morgan fingerprint density at radius 1 is 1.30 bits per heavy atom. The van der Waals surface area contributed by atoms with Crippen LogP contribution in [0.3, 0.4) is 0 Å². The zero-order valence-corrected chi connectivity index (χ0v) is 20.1. The Kier molecular flexibility index (Phi) is 7.33. The number of phenolic OH excluding ortho intramolecular Hbond substituents is 1. The minimum Gasteiger partial charge on any atom is -0.503 e. The van der Waals surface area contributed by atoms with Gasteiger partial charge in [0.05, 0.1) is 24.3 Å². The van der Waals surface area contributed by atoms with E-state index in [4.69, 9.17) is 21.1 Å². The van der Waals surface area contributed by atoms with Gasteiger partial charge in [0.1, 0.15) is 5.00 Å². The van der Waals surface area contributed by atoms with Gasteiger partial charge >= 0.3 is 5.97 Å². The van der Waals surface area contributed by atoms with Crippen molar-refractivity contribution in [1.29, 1.82) is 0 Å². The third kappa shape index (κ3) is 5.21. The third-order valence-electron chi connectivity index (χ3n) is 5.45. The molecule has 0 spiro atoms. The van der Waals surface area contributed by atoms with Crippen LogP contribution >= 0.6 is 22.9 Å². The second-order valence-electron chi connectivity index (χ2n) is 7.66. The lowest BCUT2D eigenvalue weighted by Gasteiger charge is -2.27. The largest absolute Gasteiger partial charge is 0.503 e. The molecular formula is C25H25ClN2O4S. The van der Waals surface area contributed by atoms with E-state index in [0.29, 0.717) is 22.7 Å². The summed E-state index contributed by atoms with van der Waals surface area (Å²) >= 11 is 7.61. The maximum atomic E-state index is 12.8. The van der Waals surface area contributed by atoms with Crippen molar-refractivity contribution in [2.24, 2.45) is 4.99 Å². The number of ether oxygens (including phenoxy) is 2. The van der Waals surface area contributed by atoms with Crippen LogP contribution in [0.25, 0.3) is 0 Å². The first-order valence-electron chi connectivity index (χ1n) is 10.7. The topological polar surface area (TPSA) is 71.4 Å². The maximum Gasteiger partial charge on any atom is 0.341 e. The van der Waals surface area contributed by atoms with Crippen LogP contribution in [0.1, 0.15) is 38.8 Å². The van der Waals surface area contributed by atoms with Crippen molar-refractivity contribution >= 4 is 40.1 Å². The molecular weight excluding hydrogens is 460 g/mol. The van der Waals surface area contributed by atoms with E-state index < -0.39 is 0 Å². The maximum absolute atomic E-state index is 12.8. The minimum atomic E-state index is -0.347. The first-order valence-corrected chi connectivity index (χ1v) is 11.9. The van der Waals surface area contributed by atoms with Crippen LogP contribution in [0.4, 0.5) is 5.00 Å². The number of thiophene rings is 1. The number of nitrogens with zero attached hydrogens (tertiary/aromatic N) is 2. The summed E-state index contributed by atoms with van der Waals surface area (Å²) in [6.45, 7) is 4.58. The second-order valence-corrected chi connectivity index (χ2v) is 9.15. The van der Waals surface area contributed by atoms with Gasteiger partial charge in [-0.15, -0.1) is 11.3 Å². The van der Waals surface area contributed by atoms with Crippen LogP contribution in [-0.2, 0) is 24.2 Å². The molecule has 0 saturated carbocycles. The zero-order valence-electron chi connectivity index (χ0n) is 18.5. The Morgan fingerprint density at radius 2 is 2.09 bits per heavy atom. The highest BCUT2D eigenvalue weighted by atomic mass is 35.5. The van der Waals surface area contributed by atoms with Crippen LogP contribution in [0.2, 0.25) is 5.02 Å². The van der Waals surface area contributed by atoms with Crippen molar-refractivity contribution in [2.75, 3.05) is 20.3 Å². The smallest absolute Gasteiger partial charge is 0.341 e. The predicted octanol–water partition coefficient (Wildman–Crippen LogP) is 5.60. The van der Waals surface area contributed by atoms with E-state index in [9.17, 15) is 9.90 Å². The van der Waals surface area contributed by atoms with E-state index in [1.165, 1.54) is 24.0 Å². The number of esters is 1. The lowest BCUT2D eigenvalue weighted by molar-refractivity contribution is 0.0526. The number of carbonyl (C=O) groups is 1. The zero-order chi connectivity index (χ0) is 23.4. The molecule has 33 heavy (non-hydrogen) atoms. The number of halogens is 1. The van der Waals surface area contributed by atoms with Crippen LogP contribution < -0.4 is 4.74 Å². The fraction of sp³-hybridized carbons (Fsp3) is 0.280. The molecule has 0 bridgehead atoms. The Balaban J connectivity index is 1.64. The van der Waals surface area contributed by atoms with E-state index in [2.05, 4.69) is 22.0 Å². The highest BCUT2D eigenvalue weighted by molar-refractivity contribution is 7.16. The lowest BCUT2D eigenvalue weighted by atomic mass is 10.0. The quantitative estimate of drug-likeness (QED) is 0.349. The molecule has 0 atom stereocenters. The molecule has 1 N–H and O–H groups in total. The van der Waals surface area contributed by atoms with Crippen molar-refractivity contribution < 1.29 is 19.4 Å². The van der Waals surface area contributed by atoms with E-state index in [1.807, 2.05) is 18.2 Å². The Bertz CT molecular complexity index is 1180. The number of hydrogen-bond donors (Lipinski definition) is 1. The van der Waals surface area contributed by atoms with Gasteiger partial charge in [-0.05, 0) is 42.2 Å². The molecule has 8 heteroatoms. The fourth-order valence-electron chi connectivity index (χ4n) is 3.88. The molecule has 6 nitrogen and oxygen atoms in total. The van der Waals surface area contributed by atoms with Crippen molar-refractivity contribution in [3.63, 3.8) is 0 Å². The van der Waals surface area contributed by atoms with Gasteiger partial charge in [0.2, 0.25) is 0 Å². The summed E-state index contributed by atoms with van der Waals surface area (Å²) in [5.74, 6) is -0.204. The van der Waals surface area contributed by atoms with E-state index in [0.717, 1.165) is 36.5 Å². The van der Waals surface area contributed by atoms with E-state index in [-0.39, 0.29) is 22.5 Å². The van der Waals surface area contributed by atoms with Crippen molar-refractivity contribution in [3.8, 4) is 11.5 Å². The molecule has 0 fully saturated rings. The molecule has 0 radical (unpaired) electrons. The third-order valence-corrected chi connectivity index (χ3v) is 6.86. The number of hydrogen-bond acceptors (Lipinski definition) is 7. The van der Waals surface area contributed by atoms with Crippen LogP contribution in [0, 0.1) is 0 Å². The number of carbonyl (C=O) groups excluding carboxylic acids is 1. The van der Waals surface area contributed by atoms with Crippen LogP contribution in [0.5, 0.6) is 11.5 Å². The van der Waals surface area contributed by atoms with Crippen molar-refractivity contribution in [2.45, 2.75) is 26.4 Å². The second kappa shape index (κ2) is 10.4. The molecule has 1 aliphatic rings.